The summed E-state index contributed by atoms with van der Waals surface area (Å²) in [5.41, 5.74) is 1.53. The molecule has 1 heterocycles. The van der Waals surface area contributed by atoms with Gasteiger partial charge in [-0.2, -0.15) is 0 Å². The van der Waals surface area contributed by atoms with Crippen LogP contribution in [0, 0.1) is 0 Å². The largest absolute Gasteiger partial charge is 0.454 e. The van der Waals surface area contributed by atoms with Gasteiger partial charge < -0.3 is 14.8 Å². The van der Waals surface area contributed by atoms with Gasteiger partial charge in [0.25, 0.3) is 0 Å². The molecule has 1 atom stereocenters. The summed E-state index contributed by atoms with van der Waals surface area (Å²) < 4.78 is 10.7. The highest BCUT2D eigenvalue weighted by Crippen LogP contribution is 2.32. The molecule has 0 aliphatic carbocycles. The van der Waals surface area contributed by atoms with Crippen molar-refractivity contribution in [2.24, 2.45) is 0 Å². The van der Waals surface area contributed by atoms with E-state index in [2.05, 4.69) is 45.1 Å². The summed E-state index contributed by atoms with van der Waals surface area (Å²) in [6.45, 7) is 9.33. The van der Waals surface area contributed by atoms with Crippen molar-refractivity contribution in [1.29, 1.82) is 0 Å². The lowest BCUT2D eigenvalue weighted by molar-refractivity contribution is 0.174. The average Bonchev–Trinajstić information content (AvgIpc) is 2.83. The topological polar surface area (TPSA) is 30.5 Å². The molecule has 0 saturated carbocycles. The zero-order valence-electron chi connectivity index (χ0n) is 12.5. The molecule has 1 unspecified atom stereocenters. The van der Waals surface area contributed by atoms with Crippen molar-refractivity contribution in [3.63, 3.8) is 0 Å². The highest BCUT2D eigenvalue weighted by atomic mass is 16.7. The third-order valence-electron chi connectivity index (χ3n) is 3.82. The van der Waals surface area contributed by atoms with Gasteiger partial charge in [-0.05, 0) is 57.7 Å². The number of aryl methyl sites for hydroxylation is 1. The van der Waals surface area contributed by atoms with Crippen molar-refractivity contribution in [2.75, 3.05) is 6.79 Å². The van der Waals surface area contributed by atoms with E-state index in [1.54, 1.807) is 0 Å². The summed E-state index contributed by atoms with van der Waals surface area (Å²) in [6, 6.07) is 6.75. The van der Waals surface area contributed by atoms with Crippen LogP contribution in [0.1, 0.15) is 46.1 Å². The number of hydrogen-bond donors (Lipinski definition) is 1. The van der Waals surface area contributed by atoms with Crippen LogP contribution in [0.2, 0.25) is 0 Å². The van der Waals surface area contributed by atoms with Crippen LogP contribution in [0.5, 0.6) is 11.5 Å². The summed E-state index contributed by atoms with van der Waals surface area (Å²) >= 11 is 0. The van der Waals surface area contributed by atoms with Gasteiger partial charge in [0.05, 0.1) is 0 Å². The minimum atomic E-state index is 0.217. The van der Waals surface area contributed by atoms with Crippen LogP contribution in [0.3, 0.4) is 0 Å². The number of benzene rings is 1. The van der Waals surface area contributed by atoms with Crippen LogP contribution in [0.15, 0.2) is 18.2 Å². The van der Waals surface area contributed by atoms with Gasteiger partial charge in [-0.3, -0.25) is 0 Å². The second kappa shape index (κ2) is 5.83. The Kier molecular flexibility index (Phi) is 4.35. The van der Waals surface area contributed by atoms with E-state index in [1.807, 2.05) is 6.07 Å². The summed E-state index contributed by atoms with van der Waals surface area (Å²) in [5, 5.41) is 3.67. The monoisotopic (exact) mass is 263 g/mol. The number of nitrogens with one attached hydrogen (secondary N) is 1. The van der Waals surface area contributed by atoms with Gasteiger partial charge in [-0.25, -0.2) is 0 Å². The first kappa shape index (κ1) is 14.2. The fourth-order valence-electron chi connectivity index (χ4n) is 2.32. The van der Waals surface area contributed by atoms with Crippen LogP contribution in [0.25, 0.3) is 0 Å². The molecule has 3 heteroatoms. The second-order valence-corrected chi connectivity index (χ2v) is 6.01. The Hall–Kier alpha value is -1.22. The number of fused-ring (bicyclic) bond motifs is 1. The van der Waals surface area contributed by atoms with Gasteiger partial charge in [0.15, 0.2) is 11.5 Å². The molecule has 0 saturated heterocycles. The Morgan fingerprint density at radius 2 is 2.00 bits per heavy atom. The Morgan fingerprint density at radius 3 is 2.74 bits per heavy atom. The fraction of sp³-hybridized carbons (Fsp3) is 0.625. The van der Waals surface area contributed by atoms with E-state index in [1.165, 1.54) is 5.56 Å². The van der Waals surface area contributed by atoms with Crippen molar-refractivity contribution in [1.82, 2.24) is 5.32 Å². The molecule has 1 N–H and O–H groups in total. The molecule has 1 aliphatic heterocycles. The maximum absolute atomic E-state index is 5.41. The molecular weight excluding hydrogens is 238 g/mol. The molecule has 106 valence electrons. The molecule has 0 radical (unpaired) electrons. The molecular formula is C16H25NO2. The van der Waals surface area contributed by atoms with Crippen LogP contribution in [0.4, 0.5) is 0 Å². The normalized spacial score (nSPS) is 15.6. The van der Waals surface area contributed by atoms with Crippen molar-refractivity contribution in [3.8, 4) is 11.5 Å². The van der Waals surface area contributed by atoms with E-state index >= 15 is 0 Å². The summed E-state index contributed by atoms with van der Waals surface area (Å²) in [4.78, 5) is 0. The molecule has 1 aliphatic rings. The molecule has 1 aromatic carbocycles. The molecule has 0 spiro atoms. The van der Waals surface area contributed by atoms with Gasteiger partial charge in [0, 0.05) is 11.6 Å². The standard InChI is InChI=1S/C16H25NO2/c1-5-16(3,4)17-12(2)6-7-13-8-9-14-15(10-13)19-11-18-14/h8-10,12,17H,5-7,11H2,1-4H3. The SMILES string of the molecule is CCC(C)(C)NC(C)CCc1ccc2c(c1)OCO2. The lowest BCUT2D eigenvalue weighted by atomic mass is 9.98. The molecule has 0 bridgehead atoms. The minimum Gasteiger partial charge on any atom is -0.454 e. The van der Waals surface area contributed by atoms with E-state index in [0.29, 0.717) is 12.8 Å². The quantitative estimate of drug-likeness (QED) is 0.852. The Balaban J connectivity index is 1.85. The molecule has 0 amide bonds. The third-order valence-corrected chi connectivity index (χ3v) is 3.82. The van der Waals surface area contributed by atoms with Crippen LogP contribution in [-0.4, -0.2) is 18.4 Å². The lowest BCUT2D eigenvalue weighted by Gasteiger charge is -2.29. The minimum absolute atomic E-state index is 0.217. The fourth-order valence-corrected chi connectivity index (χ4v) is 2.32. The first-order valence-electron chi connectivity index (χ1n) is 7.16. The molecule has 0 fully saturated rings. The smallest absolute Gasteiger partial charge is 0.231 e. The van der Waals surface area contributed by atoms with E-state index in [9.17, 15) is 0 Å². The predicted octanol–water partition coefficient (Wildman–Crippen LogP) is 3.51. The zero-order chi connectivity index (χ0) is 13.9. The summed E-state index contributed by atoms with van der Waals surface area (Å²) in [5.74, 6) is 1.74. The van der Waals surface area contributed by atoms with Crippen molar-refractivity contribution >= 4 is 0 Å². The van der Waals surface area contributed by atoms with E-state index in [0.717, 1.165) is 30.8 Å². The average molecular weight is 263 g/mol. The third kappa shape index (κ3) is 3.87. The summed E-state index contributed by atoms with van der Waals surface area (Å²) in [6.07, 6.45) is 3.33. The van der Waals surface area contributed by atoms with Crippen molar-refractivity contribution < 1.29 is 9.47 Å². The van der Waals surface area contributed by atoms with E-state index in [-0.39, 0.29) is 5.54 Å². The maximum atomic E-state index is 5.41. The second-order valence-electron chi connectivity index (χ2n) is 6.01. The van der Waals surface area contributed by atoms with Crippen LogP contribution < -0.4 is 14.8 Å². The number of ether oxygens (including phenoxy) is 2. The highest BCUT2D eigenvalue weighted by Gasteiger charge is 2.18. The summed E-state index contributed by atoms with van der Waals surface area (Å²) in [7, 11) is 0. The molecule has 19 heavy (non-hydrogen) atoms. The van der Waals surface area contributed by atoms with Crippen LogP contribution >= 0.6 is 0 Å². The van der Waals surface area contributed by atoms with E-state index in [4.69, 9.17) is 9.47 Å². The first-order valence-corrected chi connectivity index (χ1v) is 7.16. The molecule has 1 aromatic rings. The van der Waals surface area contributed by atoms with Crippen molar-refractivity contribution in [3.05, 3.63) is 23.8 Å². The maximum Gasteiger partial charge on any atom is 0.231 e. The lowest BCUT2D eigenvalue weighted by Crippen LogP contribution is -2.44. The Morgan fingerprint density at radius 1 is 1.26 bits per heavy atom. The molecule has 2 rings (SSSR count). The van der Waals surface area contributed by atoms with Gasteiger partial charge in [-0.1, -0.05) is 13.0 Å². The highest BCUT2D eigenvalue weighted by molar-refractivity contribution is 5.44. The van der Waals surface area contributed by atoms with E-state index < -0.39 is 0 Å². The Labute approximate surface area is 116 Å². The van der Waals surface area contributed by atoms with Gasteiger partial charge in [0.2, 0.25) is 6.79 Å². The van der Waals surface area contributed by atoms with Gasteiger partial charge >= 0.3 is 0 Å². The molecule has 3 nitrogen and oxygen atoms in total. The number of hydrogen-bond acceptors (Lipinski definition) is 3. The zero-order valence-corrected chi connectivity index (χ0v) is 12.5. The molecule has 0 aromatic heterocycles. The Bertz CT molecular complexity index is 429. The van der Waals surface area contributed by atoms with Crippen molar-refractivity contribution in [2.45, 2.75) is 58.5 Å². The van der Waals surface area contributed by atoms with Gasteiger partial charge in [0.1, 0.15) is 0 Å². The number of rotatable bonds is 6. The first-order chi connectivity index (χ1) is 9.00. The van der Waals surface area contributed by atoms with Gasteiger partial charge in [-0.15, -0.1) is 0 Å². The predicted molar refractivity (Wildman–Crippen MR) is 77.9 cm³/mol. The van der Waals surface area contributed by atoms with Crippen LogP contribution in [-0.2, 0) is 6.42 Å².